The first-order valence-electron chi connectivity index (χ1n) is 2.30. The monoisotopic (exact) mass is 228 g/mol. The van der Waals surface area contributed by atoms with Crippen LogP contribution in [-0.2, 0) is 9.53 Å². The second-order valence-electron chi connectivity index (χ2n) is 1.96. The summed E-state index contributed by atoms with van der Waals surface area (Å²) in [5.41, 5.74) is 0. The molecule has 0 bridgehead atoms. The number of ether oxygens (including phenoxy) is 1. The number of alkyl halides is 1. The Balaban J connectivity index is 3.55. The second kappa shape index (κ2) is 2.66. The zero-order chi connectivity index (χ0) is 6.78. The average molecular weight is 228 g/mol. The molecule has 0 amide bonds. The lowest BCUT2D eigenvalue weighted by Crippen LogP contribution is -2.17. The van der Waals surface area contributed by atoms with Gasteiger partial charge in [0.2, 0.25) is 0 Å². The molecule has 48 valence electrons. The summed E-state index contributed by atoms with van der Waals surface area (Å²) in [7, 11) is 0. The summed E-state index contributed by atoms with van der Waals surface area (Å²) in [5, 5.41) is 0. The van der Waals surface area contributed by atoms with E-state index in [1.807, 2.05) is 36.4 Å². The summed E-state index contributed by atoms with van der Waals surface area (Å²) in [4.78, 5) is 10.2. The van der Waals surface area contributed by atoms with Crippen LogP contribution in [0.1, 0.15) is 20.8 Å². The van der Waals surface area contributed by atoms with Gasteiger partial charge in [0.25, 0.3) is 0 Å². The Morgan fingerprint density at radius 1 is 1.62 bits per heavy atom. The maximum atomic E-state index is 10.2. The quantitative estimate of drug-likeness (QED) is 0.388. The van der Waals surface area contributed by atoms with E-state index < -0.39 is 0 Å². The van der Waals surface area contributed by atoms with Crippen LogP contribution in [0.3, 0.4) is 0 Å². The van der Waals surface area contributed by atoms with Gasteiger partial charge in [-0.1, -0.05) is 0 Å². The van der Waals surface area contributed by atoms with Crippen molar-refractivity contribution >= 4 is 28.6 Å². The third-order valence-corrected chi connectivity index (χ3v) is 0.607. The predicted octanol–water partition coefficient (Wildman–Crippen LogP) is 1.72. The van der Waals surface area contributed by atoms with Gasteiger partial charge in [0.1, 0.15) is 0 Å². The van der Waals surface area contributed by atoms with Crippen molar-refractivity contribution in [3.05, 3.63) is 0 Å². The lowest BCUT2D eigenvalue weighted by atomic mass is 10.5. The summed E-state index contributed by atoms with van der Waals surface area (Å²) in [6.45, 7) is 5.06. The van der Waals surface area contributed by atoms with E-state index in [2.05, 4.69) is 0 Å². The predicted molar refractivity (Wildman–Crippen MR) is 39.9 cm³/mol. The average Bonchev–Trinajstić information content (AvgIpc) is 1.21. The van der Waals surface area contributed by atoms with Gasteiger partial charge in [-0.05, 0) is 36.4 Å². The van der Waals surface area contributed by atoms with Crippen LogP contribution >= 0.6 is 22.6 Å². The molecule has 0 heterocycles. The smallest absolute Gasteiger partial charge is 0.303 e. The first-order chi connectivity index (χ1) is 3.42. The summed E-state index contributed by atoms with van der Waals surface area (Å²) >= 11 is 2.05. The molecule has 0 saturated heterocycles. The van der Waals surface area contributed by atoms with Crippen molar-refractivity contribution < 1.29 is 9.53 Å². The van der Waals surface area contributed by atoms with Crippen molar-refractivity contribution in [3.8, 4) is 0 Å². The molecule has 8 heavy (non-hydrogen) atoms. The molecule has 0 saturated carbocycles. The Morgan fingerprint density at radius 3 is 2.00 bits per heavy atom. The largest absolute Gasteiger partial charge is 0.449 e. The highest BCUT2D eigenvalue weighted by atomic mass is 127. The molecule has 0 aromatic carbocycles. The van der Waals surface area contributed by atoms with E-state index in [0.29, 0.717) is 0 Å². The van der Waals surface area contributed by atoms with Crippen LogP contribution in [0.4, 0.5) is 0 Å². The van der Waals surface area contributed by atoms with Crippen molar-refractivity contribution in [3.63, 3.8) is 0 Å². The number of carbonyl (C=O) groups excluding carboxylic acids is 1. The fourth-order valence-corrected chi connectivity index (χ4v) is 0.652. The Kier molecular flexibility index (Phi) is 2.73. The molecule has 0 rings (SSSR count). The molecule has 0 aromatic heterocycles. The lowest BCUT2D eigenvalue weighted by Gasteiger charge is -2.15. The highest BCUT2D eigenvalue weighted by molar-refractivity contribution is 14.1. The molecule has 3 heteroatoms. The zero-order valence-corrected chi connectivity index (χ0v) is 7.35. The topological polar surface area (TPSA) is 26.3 Å². The summed E-state index contributed by atoms with van der Waals surface area (Å²) in [6.07, 6.45) is 0. The standard InChI is InChI=1S/C5H9IO2/c1-4(7)8-5(2,3)6/h1-3H3. The molecule has 0 aliphatic heterocycles. The van der Waals surface area contributed by atoms with Gasteiger partial charge in [0.15, 0.2) is 3.61 Å². The first kappa shape index (κ1) is 8.20. The fourth-order valence-electron chi connectivity index (χ4n) is 0.342. The maximum absolute atomic E-state index is 10.2. The van der Waals surface area contributed by atoms with Crippen molar-refractivity contribution in [2.45, 2.75) is 24.4 Å². The molecular formula is C5H9IO2. The molecule has 0 atom stereocenters. The molecule has 0 fully saturated rings. The molecule has 2 nitrogen and oxygen atoms in total. The van der Waals surface area contributed by atoms with Crippen LogP contribution in [0.25, 0.3) is 0 Å². The second-order valence-corrected chi connectivity index (χ2v) is 4.55. The van der Waals surface area contributed by atoms with Crippen LogP contribution in [0.5, 0.6) is 0 Å². The van der Waals surface area contributed by atoms with E-state index in [1.165, 1.54) is 6.92 Å². The van der Waals surface area contributed by atoms with Crippen LogP contribution in [0, 0.1) is 0 Å². The van der Waals surface area contributed by atoms with Crippen molar-refractivity contribution in [2.75, 3.05) is 0 Å². The number of esters is 1. The number of carbonyl (C=O) groups is 1. The van der Waals surface area contributed by atoms with E-state index in [9.17, 15) is 4.79 Å². The van der Waals surface area contributed by atoms with Gasteiger partial charge in [-0.25, -0.2) is 0 Å². The van der Waals surface area contributed by atoms with Gasteiger partial charge in [-0.15, -0.1) is 0 Å². The van der Waals surface area contributed by atoms with E-state index >= 15 is 0 Å². The maximum Gasteiger partial charge on any atom is 0.303 e. The van der Waals surface area contributed by atoms with Crippen LogP contribution in [0.15, 0.2) is 0 Å². The normalized spacial score (nSPS) is 11.0. The van der Waals surface area contributed by atoms with Crippen molar-refractivity contribution in [1.82, 2.24) is 0 Å². The number of halogens is 1. The van der Waals surface area contributed by atoms with Crippen molar-refractivity contribution in [1.29, 1.82) is 0 Å². The van der Waals surface area contributed by atoms with E-state index in [1.54, 1.807) is 0 Å². The van der Waals surface area contributed by atoms with Crippen LogP contribution in [0.2, 0.25) is 0 Å². The molecular weight excluding hydrogens is 219 g/mol. The molecule has 0 unspecified atom stereocenters. The minimum atomic E-state index is -0.358. The fraction of sp³-hybridized carbons (Fsp3) is 0.800. The summed E-state index contributed by atoms with van der Waals surface area (Å²) < 4.78 is 4.43. The molecule has 0 spiro atoms. The van der Waals surface area contributed by atoms with E-state index in [-0.39, 0.29) is 9.58 Å². The summed E-state index contributed by atoms with van der Waals surface area (Å²) in [5.74, 6) is -0.232. The number of hydrogen-bond donors (Lipinski definition) is 0. The first-order valence-corrected chi connectivity index (χ1v) is 3.38. The lowest BCUT2D eigenvalue weighted by molar-refractivity contribution is -0.145. The van der Waals surface area contributed by atoms with Gasteiger partial charge >= 0.3 is 5.97 Å². The van der Waals surface area contributed by atoms with Gasteiger partial charge in [-0.3, -0.25) is 4.79 Å². The molecule has 0 aliphatic rings. The Morgan fingerprint density at radius 2 is 2.00 bits per heavy atom. The Labute approximate surface area is 62.7 Å². The number of rotatable bonds is 1. The third kappa shape index (κ3) is 6.20. The molecule has 0 aliphatic carbocycles. The van der Waals surface area contributed by atoms with E-state index in [4.69, 9.17) is 4.74 Å². The third-order valence-electron chi connectivity index (χ3n) is 0.386. The van der Waals surface area contributed by atoms with Crippen LogP contribution in [-0.4, -0.2) is 9.58 Å². The van der Waals surface area contributed by atoms with Gasteiger partial charge in [0, 0.05) is 6.92 Å². The highest BCUT2D eigenvalue weighted by Crippen LogP contribution is 2.17. The minimum Gasteiger partial charge on any atom is -0.449 e. The SMILES string of the molecule is CC(=O)OC(C)(C)I. The minimum absolute atomic E-state index is 0.232. The van der Waals surface area contributed by atoms with Gasteiger partial charge < -0.3 is 4.74 Å². The Bertz CT molecular complexity index is 93.1. The Hall–Kier alpha value is 0.200. The molecule has 0 aromatic rings. The summed E-state index contributed by atoms with van der Waals surface area (Å²) in [6, 6.07) is 0. The van der Waals surface area contributed by atoms with Gasteiger partial charge in [0.05, 0.1) is 0 Å². The highest BCUT2D eigenvalue weighted by Gasteiger charge is 2.14. The van der Waals surface area contributed by atoms with Crippen molar-refractivity contribution in [2.24, 2.45) is 0 Å². The number of hydrogen-bond acceptors (Lipinski definition) is 2. The van der Waals surface area contributed by atoms with Crippen LogP contribution < -0.4 is 0 Å². The van der Waals surface area contributed by atoms with E-state index in [0.717, 1.165) is 0 Å². The molecule has 0 N–H and O–H groups in total. The van der Waals surface area contributed by atoms with Gasteiger partial charge in [-0.2, -0.15) is 0 Å². The molecule has 0 radical (unpaired) electrons. The zero-order valence-electron chi connectivity index (χ0n) is 5.19.